The molecule has 0 aromatic heterocycles. The second kappa shape index (κ2) is 9.12. The summed E-state index contributed by atoms with van der Waals surface area (Å²) in [5, 5.41) is 3.23. The fraction of sp³-hybridized carbons (Fsp3) is 0.368. The van der Waals surface area contributed by atoms with Crippen molar-refractivity contribution in [2.24, 2.45) is 0 Å². The molecule has 0 amide bonds. The van der Waals surface area contributed by atoms with Crippen molar-refractivity contribution in [1.29, 1.82) is 0 Å². The lowest BCUT2D eigenvalue weighted by atomic mass is 10.1. The quantitative estimate of drug-likeness (QED) is 0.702. The third-order valence-corrected chi connectivity index (χ3v) is 5.26. The van der Waals surface area contributed by atoms with Gasteiger partial charge in [-0.3, -0.25) is 0 Å². The highest BCUT2D eigenvalue weighted by Crippen LogP contribution is 2.18. The highest BCUT2D eigenvalue weighted by Gasteiger charge is 2.15. The van der Waals surface area contributed by atoms with Crippen LogP contribution in [-0.4, -0.2) is 21.6 Å². The van der Waals surface area contributed by atoms with Gasteiger partial charge in [0.2, 0.25) is 10.0 Å². The van der Waals surface area contributed by atoms with Crippen LogP contribution in [0.4, 0.5) is 4.39 Å². The molecule has 0 radical (unpaired) electrons. The molecule has 142 valence electrons. The van der Waals surface area contributed by atoms with Gasteiger partial charge in [-0.05, 0) is 42.7 Å². The minimum Gasteiger partial charge on any atom is -0.494 e. The number of sulfonamides is 1. The minimum atomic E-state index is -3.39. The zero-order valence-corrected chi connectivity index (χ0v) is 16.1. The van der Waals surface area contributed by atoms with Crippen molar-refractivity contribution >= 4 is 10.0 Å². The Morgan fingerprint density at radius 3 is 2.38 bits per heavy atom. The zero-order valence-electron chi connectivity index (χ0n) is 15.3. The predicted molar refractivity (Wildman–Crippen MR) is 101 cm³/mol. The van der Waals surface area contributed by atoms with E-state index in [1.165, 1.54) is 13.2 Å². The summed E-state index contributed by atoms with van der Waals surface area (Å²) in [7, 11) is -1.96. The maximum atomic E-state index is 13.7. The van der Waals surface area contributed by atoms with Gasteiger partial charge in [0.25, 0.3) is 0 Å². The standard InChI is InChI=1S/C19H25FN2O3S/c1-14(2)22-26(23,24)13-17-7-5-4-6-16(17)12-21-11-15-8-9-19(25-3)18(20)10-15/h4-10,14,21-22H,11-13H2,1-3H3. The number of hydrogen-bond acceptors (Lipinski definition) is 4. The van der Waals surface area contributed by atoms with Crippen molar-refractivity contribution < 1.29 is 17.5 Å². The smallest absolute Gasteiger partial charge is 0.216 e. The van der Waals surface area contributed by atoms with Gasteiger partial charge in [-0.15, -0.1) is 0 Å². The number of rotatable bonds is 9. The average Bonchev–Trinajstić information content (AvgIpc) is 2.55. The van der Waals surface area contributed by atoms with E-state index in [-0.39, 0.29) is 17.5 Å². The zero-order chi connectivity index (χ0) is 19.2. The number of hydrogen-bond donors (Lipinski definition) is 2. The van der Waals surface area contributed by atoms with Crippen molar-refractivity contribution in [2.75, 3.05) is 7.11 Å². The number of ether oxygens (including phenoxy) is 1. The molecule has 0 saturated carbocycles. The van der Waals surface area contributed by atoms with Crippen LogP contribution in [0.1, 0.15) is 30.5 Å². The second-order valence-electron chi connectivity index (χ2n) is 6.37. The molecule has 0 aliphatic heterocycles. The highest BCUT2D eigenvalue weighted by atomic mass is 32.2. The van der Waals surface area contributed by atoms with E-state index in [1.54, 1.807) is 26.0 Å². The molecule has 0 heterocycles. The van der Waals surface area contributed by atoms with E-state index in [9.17, 15) is 12.8 Å². The molecule has 5 nitrogen and oxygen atoms in total. The van der Waals surface area contributed by atoms with E-state index < -0.39 is 15.8 Å². The van der Waals surface area contributed by atoms with Gasteiger partial charge in [0.05, 0.1) is 12.9 Å². The molecule has 0 atom stereocenters. The first-order valence-electron chi connectivity index (χ1n) is 8.40. The SMILES string of the molecule is COc1ccc(CNCc2ccccc2CS(=O)(=O)NC(C)C)cc1F. The highest BCUT2D eigenvalue weighted by molar-refractivity contribution is 7.88. The molecule has 0 aliphatic rings. The molecule has 2 N–H and O–H groups in total. The first-order valence-corrected chi connectivity index (χ1v) is 10.1. The number of benzene rings is 2. The van der Waals surface area contributed by atoms with Crippen LogP contribution in [0.3, 0.4) is 0 Å². The summed E-state index contributed by atoms with van der Waals surface area (Å²) in [5.41, 5.74) is 2.43. The van der Waals surface area contributed by atoms with Crippen molar-refractivity contribution in [1.82, 2.24) is 10.0 Å². The Morgan fingerprint density at radius 2 is 1.77 bits per heavy atom. The van der Waals surface area contributed by atoms with Crippen LogP contribution in [0.5, 0.6) is 5.75 Å². The van der Waals surface area contributed by atoms with Gasteiger partial charge in [-0.25, -0.2) is 17.5 Å². The molecule has 0 unspecified atom stereocenters. The summed E-state index contributed by atoms with van der Waals surface area (Å²) in [6, 6.07) is 12.1. The Kier molecular flexibility index (Phi) is 7.14. The lowest BCUT2D eigenvalue weighted by molar-refractivity contribution is 0.386. The van der Waals surface area contributed by atoms with E-state index in [1.807, 2.05) is 24.3 Å². The summed E-state index contributed by atoms with van der Waals surface area (Å²) in [6.07, 6.45) is 0. The molecule has 2 rings (SSSR count). The average molecular weight is 380 g/mol. The van der Waals surface area contributed by atoms with Crippen LogP contribution in [0.25, 0.3) is 0 Å². The third-order valence-electron chi connectivity index (χ3n) is 3.74. The summed E-state index contributed by atoms with van der Waals surface area (Å²) in [5.74, 6) is -0.264. The Balaban J connectivity index is 2.01. The molecule has 0 fully saturated rings. The molecule has 2 aromatic carbocycles. The normalized spacial score (nSPS) is 11.7. The van der Waals surface area contributed by atoms with Crippen molar-refractivity contribution in [2.45, 2.75) is 38.7 Å². The molecule has 0 aliphatic carbocycles. The lowest BCUT2D eigenvalue weighted by Crippen LogP contribution is -2.31. The molecule has 7 heteroatoms. The van der Waals surface area contributed by atoms with Crippen LogP contribution in [0.15, 0.2) is 42.5 Å². The lowest BCUT2D eigenvalue weighted by Gasteiger charge is -2.13. The van der Waals surface area contributed by atoms with Gasteiger partial charge >= 0.3 is 0 Å². The van der Waals surface area contributed by atoms with Crippen LogP contribution in [0.2, 0.25) is 0 Å². The second-order valence-corrected chi connectivity index (χ2v) is 8.13. The Morgan fingerprint density at radius 1 is 1.08 bits per heavy atom. The first-order chi connectivity index (χ1) is 12.3. The van der Waals surface area contributed by atoms with Gasteiger partial charge < -0.3 is 10.1 Å². The molecular formula is C19H25FN2O3S. The topological polar surface area (TPSA) is 67.4 Å². The summed E-state index contributed by atoms with van der Waals surface area (Å²) in [4.78, 5) is 0. The number of halogens is 1. The van der Waals surface area contributed by atoms with Crippen LogP contribution in [0, 0.1) is 5.82 Å². The van der Waals surface area contributed by atoms with Crippen LogP contribution >= 0.6 is 0 Å². The molecule has 0 bridgehead atoms. The molecule has 2 aromatic rings. The van der Waals surface area contributed by atoms with E-state index in [0.717, 1.165) is 16.7 Å². The first kappa shape index (κ1) is 20.4. The van der Waals surface area contributed by atoms with Crippen LogP contribution < -0.4 is 14.8 Å². The van der Waals surface area contributed by atoms with Gasteiger partial charge in [0, 0.05) is 19.1 Å². The number of nitrogens with one attached hydrogen (secondary N) is 2. The van der Waals surface area contributed by atoms with Crippen molar-refractivity contribution in [3.05, 3.63) is 65.0 Å². The van der Waals surface area contributed by atoms with Crippen molar-refractivity contribution in [3.8, 4) is 5.75 Å². The van der Waals surface area contributed by atoms with E-state index in [4.69, 9.17) is 4.74 Å². The molecular weight excluding hydrogens is 355 g/mol. The summed E-state index contributed by atoms with van der Waals surface area (Å²) in [6.45, 7) is 4.53. The summed E-state index contributed by atoms with van der Waals surface area (Å²) < 4.78 is 45.6. The Labute approximate surface area is 154 Å². The summed E-state index contributed by atoms with van der Waals surface area (Å²) >= 11 is 0. The maximum Gasteiger partial charge on any atom is 0.216 e. The van der Waals surface area contributed by atoms with E-state index in [0.29, 0.717) is 13.1 Å². The van der Waals surface area contributed by atoms with E-state index >= 15 is 0 Å². The Bertz CT molecular complexity index is 838. The van der Waals surface area contributed by atoms with Gasteiger partial charge in [0.1, 0.15) is 0 Å². The largest absolute Gasteiger partial charge is 0.494 e. The predicted octanol–water partition coefficient (Wildman–Crippen LogP) is 2.95. The fourth-order valence-corrected chi connectivity index (χ4v) is 4.13. The van der Waals surface area contributed by atoms with Gasteiger partial charge in [0.15, 0.2) is 11.6 Å². The fourth-order valence-electron chi connectivity index (χ4n) is 2.64. The van der Waals surface area contributed by atoms with Gasteiger partial charge in [-0.1, -0.05) is 30.3 Å². The minimum absolute atomic E-state index is 0.0692. The van der Waals surface area contributed by atoms with Crippen LogP contribution in [-0.2, 0) is 28.9 Å². The maximum absolute atomic E-state index is 13.7. The Hall–Kier alpha value is -1.96. The van der Waals surface area contributed by atoms with E-state index in [2.05, 4.69) is 10.0 Å². The van der Waals surface area contributed by atoms with Gasteiger partial charge in [-0.2, -0.15) is 0 Å². The molecule has 0 saturated heterocycles. The van der Waals surface area contributed by atoms with Crippen molar-refractivity contribution in [3.63, 3.8) is 0 Å². The molecule has 26 heavy (non-hydrogen) atoms. The monoisotopic (exact) mass is 380 g/mol. The third kappa shape index (κ3) is 6.09. The number of methoxy groups -OCH3 is 1. The molecule has 0 spiro atoms.